The van der Waals surface area contributed by atoms with Gasteiger partial charge in [0.25, 0.3) is 0 Å². The number of nitrogens with zero attached hydrogens (tertiary/aromatic N) is 3. The summed E-state index contributed by atoms with van der Waals surface area (Å²) in [7, 11) is 1.72. The number of ether oxygens (including phenoxy) is 1. The molecule has 2 heterocycles. The molecule has 2 rings (SSSR count). The van der Waals surface area contributed by atoms with Gasteiger partial charge >= 0.3 is 0 Å². The lowest BCUT2D eigenvalue weighted by atomic mass is 10.1. The number of aryl methyl sites for hydroxylation is 1. The molecule has 4 heteroatoms. The summed E-state index contributed by atoms with van der Waals surface area (Å²) in [4.78, 5) is 6.68. The number of aromatic nitrogens is 1. The van der Waals surface area contributed by atoms with Crippen LogP contribution in [-0.4, -0.2) is 31.8 Å². The summed E-state index contributed by atoms with van der Waals surface area (Å²) in [5.41, 5.74) is 2.89. The monoisotopic (exact) mass is 243 g/mol. The Hall–Kier alpha value is -1.86. The van der Waals surface area contributed by atoms with Crippen molar-refractivity contribution in [2.45, 2.75) is 13.3 Å². The minimum absolute atomic E-state index is 0.671. The summed E-state index contributed by atoms with van der Waals surface area (Å²) in [5, 5.41) is 8.97. The minimum atomic E-state index is 0.671. The third-order valence-corrected chi connectivity index (χ3v) is 3.03. The maximum Gasteiger partial charge on any atom is 0.130 e. The van der Waals surface area contributed by atoms with Crippen LogP contribution in [0.3, 0.4) is 0 Å². The van der Waals surface area contributed by atoms with E-state index in [4.69, 9.17) is 10.00 Å². The summed E-state index contributed by atoms with van der Waals surface area (Å²) in [6, 6.07) is 5.83. The zero-order valence-corrected chi connectivity index (χ0v) is 10.8. The van der Waals surface area contributed by atoms with Crippen LogP contribution in [-0.2, 0) is 4.74 Å². The summed E-state index contributed by atoms with van der Waals surface area (Å²) in [6.45, 7) is 4.38. The molecule has 4 nitrogen and oxygen atoms in total. The smallest absolute Gasteiger partial charge is 0.130 e. The SMILES string of the molecule is COCC1=CCN(c2cc(C#N)cc(C)n2)CC1. The zero-order valence-electron chi connectivity index (χ0n) is 10.8. The minimum Gasteiger partial charge on any atom is -0.380 e. The first-order valence-corrected chi connectivity index (χ1v) is 6.03. The van der Waals surface area contributed by atoms with E-state index in [0.29, 0.717) is 12.2 Å². The predicted octanol–water partition coefficient (Wildman–Crippen LogP) is 2.04. The number of hydrogen-bond acceptors (Lipinski definition) is 4. The molecule has 1 aromatic heterocycles. The van der Waals surface area contributed by atoms with E-state index in [1.807, 2.05) is 13.0 Å². The predicted molar refractivity (Wildman–Crippen MR) is 70.5 cm³/mol. The van der Waals surface area contributed by atoms with E-state index in [-0.39, 0.29) is 0 Å². The molecule has 94 valence electrons. The van der Waals surface area contributed by atoms with Crippen molar-refractivity contribution in [2.75, 3.05) is 31.7 Å². The van der Waals surface area contributed by atoms with Gasteiger partial charge in [-0.2, -0.15) is 5.26 Å². The van der Waals surface area contributed by atoms with Gasteiger partial charge < -0.3 is 9.64 Å². The second-order valence-corrected chi connectivity index (χ2v) is 4.46. The Labute approximate surface area is 108 Å². The van der Waals surface area contributed by atoms with E-state index >= 15 is 0 Å². The van der Waals surface area contributed by atoms with E-state index in [1.54, 1.807) is 13.2 Å². The van der Waals surface area contributed by atoms with Crippen molar-refractivity contribution in [3.63, 3.8) is 0 Å². The fraction of sp³-hybridized carbons (Fsp3) is 0.429. The Balaban J connectivity index is 2.15. The second kappa shape index (κ2) is 5.65. The highest BCUT2D eigenvalue weighted by atomic mass is 16.5. The van der Waals surface area contributed by atoms with Gasteiger partial charge in [-0.05, 0) is 31.1 Å². The van der Waals surface area contributed by atoms with Gasteiger partial charge in [-0.25, -0.2) is 4.98 Å². The number of pyridine rings is 1. The number of hydrogen-bond donors (Lipinski definition) is 0. The molecule has 0 unspecified atom stereocenters. The Morgan fingerprint density at radius 2 is 2.33 bits per heavy atom. The average molecular weight is 243 g/mol. The molecule has 1 aliphatic rings. The molecule has 0 atom stereocenters. The van der Waals surface area contributed by atoms with Crippen LogP contribution in [0, 0.1) is 18.3 Å². The number of nitriles is 1. The van der Waals surface area contributed by atoms with Gasteiger partial charge in [0.1, 0.15) is 5.82 Å². The highest BCUT2D eigenvalue weighted by Crippen LogP contribution is 2.19. The summed E-state index contributed by atoms with van der Waals surface area (Å²) < 4.78 is 5.13. The van der Waals surface area contributed by atoms with Crippen LogP contribution in [0.5, 0.6) is 0 Å². The third kappa shape index (κ3) is 2.88. The van der Waals surface area contributed by atoms with Crippen molar-refractivity contribution in [1.29, 1.82) is 5.26 Å². The number of methoxy groups -OCH3 is 1. The van der Waals surface area contributed by atoms with Crippen molar-refractivity contribution in [2.24, 2.45) is 0 Å². The van der Waals surface area contributed by atoms with Crippen molar-refractivity contribution in [3.05, 3.63) is 35.0 Å². The van der Waals surface area contributed by atoms with Crippen LogP contribution in [0.4, 0.5) is 5.82 Å². The summed E-state index contributed by atoms with van der Waals surface area (Å²) in [5.74, 6) is 0.888. The van der Waals surface area contributed by atoms with Crippen LogP contribution in [0.15, 0.2) is 23.8 Å². The third-order valence-electron chi connectivity index (χ3n) is 3.03. The van der Waals surface area contributed by atoms with Crippen LogP contribution >= 0.6 is 0 Å². The van der Waals surface area contributed by atoms with Crippen molar-refractivity contribution >= 4 is 5.82 Å². The lowest BCUT2D eigenvalue weighted by Gasteiger charge is -2.27. The molecular formula is C14H17N3O. The van der Waals surface area contributed by atoms with Gasteiger partial charge in [-0.3, -0.25) is 0 Å². The standard InChI is InChI=1S/C14H17N3O/c1-11-7-13(9-15)8-14(16-11)17-5-3-12(4-6-17)10-18-2/h3,7-8H,4-6,10H2,1-2H3. The topological polar surface area (TPSA) is 49.1 Å². The number of rotatable bonds is 3. The largest absolute Gasteiger partial charge is 0.380 e. The molecule has 0 aliphatic carbocycles. The Bertz CT molecular complexity index is 502. The van der Waals surface area contributed by atoms with Crippen LogP contribution in [0.25, 0.3) is 0 Å². The Morgan fingerprint density at radius 3 is 2.94 bits per heavy atom. The molecule has 0 saturated heterocycles. The number of anilines is 1. The van der Waals surface area contributed by atoms with Crippen LogP contribution in [0.2, 0.25) is 0 Å². The van der Waals surface area contributed by atoms with Gasteiger partial charge in [0.05, 0.1) is 18.2 Å². The average Bonchev–Trinajstić information content (AvgIpc) is 2.39. The maximum absolute atomic E-state index is 8.97. The van der Waals surface area contributed by atoms with Crippen LogP contribution in [0.1, 0.15) is 17.7 Å². The van der Waals surface area contributed by atoms with Crippen molar-refractivity contribution < 1.29 is 4.74 Å². The van der Waals surface area contributed by atoms with E-state index in [1.165, 1.54) is 5.57 Å². The molecule has 0 N–H and O–H groups in total. The highest BCUT2D eigenvalue weighted by molar-refractivity contribution is 5.48. The first-order valence-electron chi connectivity index (χ1n) is 6.03. The van der Waals surface area contributed by atoms with Gasteiger partial charge in [-0.15, -0.1) is 0 Å². The molecule has 0 amide bonds. The lowest BCUT2D eigenvalue weighted by molar-refractivity contribution is 0.222. The van der Waals surface area contributed by atoms with Gasteiger partial charge in [0.2, 0.25) is 0 Å². The summed E-state index contributed by atoms with van der Waals surface area (Å²) >= 11 is 0. The maximum atomic E-state index is 8.97. The molecule has 1 aliphatic heterocycles. The fourth-order valence-electron chi connectivity index (χ4n) is 2.11. The first-order chi connectivity index (χ1) is 8.72. The molecule has 0 radical (unpaired) electrons. The van der Waals surface area contributed by atoms with E-state index in [2.05, 4.69) is 22.0 Å². The summed E-state index contributed by atoms with van der Waals surface area (Å²) in [6.07, 6.45) is 3.18. The van der Waals surface area contributed by atoms with E-state index in [0.717, 1.165) is 31.0 Å². The molecule has 0 bridgehead atoms. The molecule has 0 spiro atoms. The second-order valence-electron chi connectivity index (χ2n) is 4.46. The first kappa shape index (κ1) is 12.6. The highest BCUT2D eigenvalue weighted by Gasteiger charge is 2.14. The molecular weight excluding hydrogens is 226 g/mol. The van der Waals surface area contributed by atoms with Crippen molar-refractivity contribution in [3.8, 4) is 6.07 Å². The molecule has 0 saturated carbocycles. The Kier molecular flexibility index (Phi) is 3.96. The van der Waals surface area contributed by atoms with Gasteiger partial charge in [0, 0.05) is 25.9 Å². The fourth-order valence-corrected chi connectivity index (χ4v) is 2.11. The van der Waals surface area contributed by atoms with E-state index in [9.17, 15) is 0 Å². The lowest BCUT2D eigenvalue weighted by Crippen LogP contribution is -2.30. The molecule has 1 aromatic rings. The molecule has 0 aromatic carbocycles. The van der Waals surface area contributed by atoms with Gasteiger partial charge in [-0.1, -0.05) is 6.08 Å². The Morgan fingerprint density at radius 1 is 1.50 bits per heavy atom. The van der Waals surface area contributed by atoms with Crippen molar-refractivity contribution in [1.82, 2.24) is 4.98 Å². The molecule has 18 heavy (non-hydrogen) atoms. The zero-order chi connectivity index (χ0) is 13.0. The quantitative estimate of drug-likeness (QED) is 0.762. The van der Waals surface area contributed by atoms with E-state index < -0.39 is 0 Å². The normalized spacial score (nSPS) is 15.2. The van der Waals surface area contributed by atoms with Gasteiger partial charge in [0.15, 0.2) is 0 Å². The van der Waals surface area contributed by atoms with Crippen LogP contribution < -0.4 is 4.90 Å². The molecule has 0 fully saturated rings.